The zero-order chi connectivity index (χ0) is 14.9. The van der Waals surface area contributed by atoms with Gasteiger partial charge in [0, 0.05) is 0 Å². The molecule has 0 saturated carbocycles. The lowest BCUT2D eigenvalue weighted by Crippen LogP contribution is -2.14. The van der Waals surface area contributed by atoms with Gasteiger partial charge in [0.05, 0.1) is 10.0 Å². The van der Waals surface area contributed by atoms with Gasteiger partial charge in [-0.05, 0) is 18.2 Å². The molecule has 2 rings (SSSR count). The van der Waals surface area contributed by atoms with Crippen LogP contribution >= 0.6 is 34.5 Å². The lowest BCUT2D eigenvalue weighted by molar-refractivity contribution is 0.601. The molecule has 20 heavy (non-hydrogen) atoms. The van der Waals surface area contributed by atoms with E-state index in [1.807, 2.05) is 0 Å². The molecule has 9 heteroatoms. The minimum Gasteiger partial charge on any atom is -0.278 e. The van der Waals surface area contributed by atoms with Crippen molar-refractivity contribution >= 4 is 50.2 Å². The van der Waals surface area contributed by atoms with Crippen molar-refractivity contribution < 1.29 is 12.8 Å². The van der Waals surface area contributed by atoms with Crippen molar-refractivity contribution in [3.63, 3.8) is 0 Å². The van der Waals surface area contributed by atoms with E-state index in [1.54, 1.807) is 6.07 Å². The third-order valence-electron chi connectivity index (χ3n) is 2.28. The highest BCUT2D eigenvalue weighted by Gasteiger charge is 2.22. The summed E-state index contributed by atoms with van der Waals surface area (Å²) in [5.41, 5.74) is -0.556. The molecule has 0 unspecified atom stereocenters. The second-order valence-electron chi connectivity index (χ2n) is 3.57. The number of thiophene rings is 1. The minimum absolute atomic E-state index is 0.0163. The second kappa shape index (κ2) is 5.58. The van der Waals surface area contributed by atoms with Gasteiger partial charge in [-0.25, -0.2) is 12.8 Å². The van der Waals surface area contributed by atoms with Crippen LogP contribution in [0.5, 0.6) is 0 Å². The van der Waals surface area contributed by atoms with Crippen molar-refractivity contribution in [3.8, 4) is 6.07 Å². The molecule has 1 heterocycles. The smallest absolute Gasteiger partial charge is 0.264 e. The number of halogens is 3. The van der Waals surface area contributed by atoms with E-state index >= 15 is 0 Å². The third-order valence-corrected chi connectivity index (χ3v) is 5.40. The zero-order valence-electron chi connectivity index (χ0n) is 9.52. The van der Waals surface area contributed by atoms with E-state index in [1.165, 1.54) is 18.2 Å². The van der Waals surface area contributed by atoms with Crippen LogP contribution in [0.4, 0.5) is 10.1 Å². The van der Waals surface area contributed by atoms with Crippen molar-refractivity contribution in [1.29, 1.82) is 5.26 Å². The largest absolute Gasteiger partial charge is 0.278 e. The molecule has 4 nitrogen and oxygen atoms in total. The average molecular weight is 351 g/mol. The minimum atomic E-state index is -4.05. The number of nitrogens with one attached hydrogen (secondary N) is 1. The predicted molar refractivity (Wildman–Crippen MR) is 76.3 cm³/mol. The molecule has 0 radical (unpaired) electrons. The summed E-state index contributed by atoms with van der Waals surface area (Å²) in [6.07, 6.45) is 0. The first kappa shape index (κ1) is 15.1. The van der Waals surface area contributed by atoms with Gasteiger partial charge in [-0.3, -0.25) is 4.72 Å². The van der Waals surface area contributed by atoms with E-state index < -0.39 is 21.4 Å². The number of nitriles is 1. The van der Waals surface area contributed by atoms with Gasteiger partial charge in [-0.1, -0.05) is 29.3 Å². The maximum atomic E-state index is 13.4. The summed E-state index contributed by atoms with van der Waals surface area (Å²) in [4.78, 5) is -0.220. The standard InChI is InChI=1S/C11H5Cl2FN2O2S2/c12-10-4-9(11(13)19-10)20(17,18)16-8-3-1-2-7(14)6(8)5-15/h1-4,16H. The molecule has 0 aliphatic heterocycles. The molecule has 1 aromatic carbocycles. The van der Waals surface area contributed by atoms with Crippen LogP contribution in [0.2, 0.25) is 8.67 Å². The van der Waals surface area contributed by atoms with E-state index in [9.17, 15) is 12.8 Å². The number of rotatable bonds is 3. The van der Waals surface area contributed by atoms with Crippen molar-refractivity contribution in [2.75, 3.05) is 4.72 Å². The summed E-state index contributed by atoms with van der Waals surface area (Å²) in [7, 11) is -4.05. The molecule has 0 spiro atoms. The Morgan fingerprint density at radius 1 is 1.35 bits per heavy atom. The summed E-state index contributed by atoms with van der Waals surface area (Å²) in [6.45, 7) is 0. The summed E-state index contributed by atoms with van der Waals surface area (Å²) in [5, 5.41) is 8.86. The van der Waals surface area contributed by atoms with Crippen LogP contribution in [-0.2, 0) is 10.0 Å². The zero-order valence-corrected chi connectivity index (χ0v) is 12.7. The van der Waals surface area contributed by atoms with Crippen LogP contribution < -0.4 is 4.72 Å². The monoisotopic (exact) mass is 350 g/mol. The Kier molecular flexibility index (Phi) is 4.20. The molecule has 2 aromatic rings. The lowest BCUT2D eigenvalue weighted by Gasteiger charge is -2.08. The van der Waals surface area contributed by atoms with Gasteiger partial charge in [0.25, 0.3) is 10.0 Å². The lowest BCUT2D eigenvalue weighted by atomic mass is 10.2. The Bertz CT molecular complexity index is 812. The van der Waals surface area contributed by atoms with Crippen LogP contribution in [0.1, 0.15) is 5.56 Å². The van der Waals surface area contributed by atoms with Gasteiger partial charge in [-0.2, -0.15) is 5.26 Å². The van der Waals surface area contributed by atoms with Gasteiger partial charge < -0.3 is 0 Å². The fraction of sp³-hybridized carbons (Fsp3) is 0. The van der Waals surface area contributed by atoms with Crippen molar-refractivity contribution in [3.05, 3.63) is 44.3 Å². The fourth-order valence-electron chi connectivity index (χ4n) is 1.43. The van der Waals surface area contributed by atoms with Crippen LogP contribution in [0.25, 0.3) is 0 Å². The van der Waals surface area contributed by atoms with E-state index in [4.69, 9.17) is 28.5 Å². The summed E-state index contributed by atoms with van der Waals surface area (Å²) in [5.74, 6) is -0.817. The molecule has 0 bridgehead atoms. The molecule has 0 amide bonds. The van der Waals surface area contributed by atoms with Gasteiger partial charge in [-0.15, -0.1) is 11.3 Å². The summed E-state index contributed by atoms with van der Waals surface area (Å²) in [6, 6.07) is 6.41. The van der Waals surface area contributed by atoms with Crippen LogP contribution in [0.3, 0.4) is 0 Å². The van der Waals surface area contributed by atoms with E-state index in [2.05, 4.69) is 4.72 Å². The molecule has 104 valence electrons. The molecule has 1 N–H and O–H groups in total. The maximum Gasteiger partial charge on any atom is 0.264 e. The Hall–Kier alpha value is -1.33. The number of hydrogen-bond acceptors (Lipinski definition) is 4. The quantitative estimate of drug-likeness (QED) is 0.913. The molecule has 1 aromatic heterocycles. The van der Waals surface area contributed by atoms with Crippen LogP contribution in [-0.4, -0.2) is 8.42 Å². The first-order chi connectivity index (χ1) is 9.35. The number of anilines is 1. The first-order valence-corrected chi connectivity index (χ1v) is 8.07. The van der Waals surface area contributed by atoms with Gasteiger partial charge in [0.2, 0.25) is 0 Å². The molecule has 0 aliphatic carbocycles. The Morgan fingerprint density at radius 3 is 2.60 bits per heavy atom. The normalized spacial score (nSPS) is 11.1. The van der Waals surface area contributed by atoms with Gasteiger partial charge in [0.1, 0.15) is 26.7 Å². The van der Waals surface area contributed by atoms with E-state index in [0.717, 1.165) is 17.4 Å². The number of nitrogens with zero attached hydrogens (tertiary/aromatic N) is 1. The maximum absolute atomic E-state index is 13.4. The highest BCUT2D eigenvalue weighted by Crippen LogP contribution is 2.35. The van der Waals surface area contributed by atoms with Crippen molar-refractivity contribution in [2.24, 2.45) is 0 Å². The average Bonchev–Trinajstić information content (AvgIpc) is 2.69. The molecule has 0 saturated heterocycles. The highest BCUT2D eigenvalue weighted by atomic mass is 35.5. The van der Waals surface area contributed by atoms with Gasteiger partial charge >= 0.3 is 0 Å². The number of hydrogen-bond donors (Lipinski definition) is 1. The first-order valence-electron chi connectivity index (χ1n) is 5.01. The molecule has 0 fully saturated rings. The topological polar surface area (TPSA) is 70.0 Å². The Morgan fingerprint density at radius 2 is 2.05 bits per heavy atom. The third kappa shape index (κ3) is 2.88. The van der Waals surface area contributed by atoms with Gasteiger partial charge in [0.15, 0.2) is 0 Å². The van der Waals surface area contributed by atoms with Crippen LogP contribution in [0, 0.1) is 17.1 Å². The highest BCUT2D eigenvalue weighted by molar-refractivity contribution is 7.93. The SMILES string of the molecule is N#Cc1c(F)cccc1NS(=O)(=O)c1cc(Cl)sc1Cl. The molecular weight excluding hydrogens is 346 g/mol. The predicted octanol–water partition coefficient (Wildman–Crippen LogP) is 3.87. The molecule has 0 aliphatic rings. The van der Waals surface area contributed by atoms with Crippen molar-refractivity contribution in [2.45, 2.75) is 4.90 Å². The van der Waals surface area contributed by atoms with E-state index in [0.29, 0.717) is 0 Å². The molecular formula is C11H5Cl2FN2O2S2. The Labute approximate surface area is 128 Å². The van der Waals surface area contributed by atoms with E-state index in [-0.39, 0.29) is 19.3 Å². The number of sulfonamides is 1. The summed E-state index contributed by atoms with van der Waals surface area (Å²) >= 11 is 12.4. The summed E-state index contributed by atoms with van der Waals surface area (Å²) < 4.78 is 40.0. The number of benzene rings is 1. The fourth-order valence-corrected chi connectivity index (χ4v) is 4.65. The molecule has 0 atom stereocenters. The second-order valence-corrected chi connectivity index (χ2v) is 7.50. The Balaban J connectivity index is 2.47. The van der Waals surface area contributed by atoms with Crippen molar-refractivity contribution in [1.82, 2.24) is 0 Å². The van der Waals surface area contributed by atoms with Crippen LogP contribution in [0.15, 0.2) is 29.2 Å².